The Morgan fingerprint density at radius 1 is 1.36 bits per heavy atom. The molecule has 0 atom stereocenters. The van der Waals surface area contributed by atoms with Crippen LogP contribution in [0.4, 0.5) is 0 Å². The number of nitrogens with one attached hydrogen (secondary N) is 1. The second-order valence-electron chi connectivity index (χ2n) is 1.92. The van der Waals surface area contributed by atoms with Gasteiger partial charge in [-0.05, 0) is 12.1 Å². The fourth-order valence-electron chi connectivity index (χ4n) is 0.708. The van der Waals surface area contributed by atoms with Crippen LogP contribution in [0.5, 0.6) is 0 Å². The minimum Gasteiger partial charge on any atom is -0.310 e. The third-order valence-electron chi connectivity index (χ3n) is 1.20. The lowest BCUT2D eigenvalue weighted by Gasteiger charge is -1.95. The molecule has 3 heteroatoms. The molecule has 1 amide bonds. The van der Waals surface area contributed by atoms with Gasteiger partial charge < -0.3 is 5.32 Å². The first-order valence-electron chi connectivity index (χ1n) is 3.07. The van der Waals surface area contributed by atoms with Crippen molar-refractivity contribution in [3.8, 4) is 0 Å². The molecule has 0 aliphatic heterocycles. The fraction of sp³-hybridized carbons (Fsp3) is 0. The Morgan fingerprint density at radius 2 is 2.00 bits per heavy atom. The maximum Gasteiger partial charge on any atom is 0.256 e. The van der Waals surface area contributed by atoms with E-state index >= 15 is 0 Å². The highest BCUT2D eigenvalue weighted by atomic mass is 32.1. The van der Waals surface area contributed by atoms with Crippen molar-refractivity contribution in [1.82, 2.24) is 5.32 Å². The van der Waals surface area contributed by atoms with Crippen molar-refractivity contribution >= 4 is 23.6 Å². The summed E-state index contributed by atoms with van der Waals surface area (Å²) >= 11 is 4.35. The van der Waals surface area contributed by atoms with Crippen molar-refractivity contribution in [2.75, 3.05) is 0 Å². The molecule has 55 valence electrons. The highest BCUT2D eigenvalue weighted by Crippen LogP contribution is 1.96. The van der Waals surface area contributed by atoms with Crippen molar-refractivity contribution in [3.63, 3.8) is 0 Å². The largest absolute Gasteiger partial charge is 0.310 e. The lowest BCUT2D eigenvalue weighted by Crippen LogP contribution is -2.19. The Balaban J connectivity index is 2.77. The van der Waals surface area contributed by atoms with Crippen LogP contribution in [0, 0.1) is 0 Å². The first-order chi connectivity index (χ1) is 5.34. The Bertz CT molecular complexity index is 258. The van der Waals surface area contributed by atoms with Gasteiger partial charge in [0, 0.05) is 5.56 Å². The third-order valence-corrected chi connectivity index (χ3v) is 1.30. The molecule has 0 aliphatic rings. The molecule has 11 heavy (non-hydrogen) atoms. The van der Waals surface area contributed by atoms with E-state index in [4.69, 9.17) is 0 Å². The van der Waals surface area contributed by atoms with E-state index in [0.29, 0.717) is 5.56 Å². The van der Waals surface area contributed by atoms with E-state index < -0.39 is 0 Å². The van der Waals surface area contributed by atoms with Gasteiger partial charge in [-0.3, -0.25) is 4.79 Å². The van der Waals surface area contributed by atoms with E-state index in [1.165, 1.54) is 0 Å². The van der Waals surface area contributed by atoms with E-state index in [1.807, 2.05) is 6.07 Å². The molecule has 0 aromatic heterocycles. The number of amides is 1. The molecular weight excluding hydrogens is 158 g/mol. The smallest absolute Gasteiger partial charge is 0.256 e. The minimum absolute atomic E-state index is 0.222. The molecule has 0 bridgehead atoms. The van der Waals surface area contributed by atoms with E-state index in [9.17, 15) is 4.79 Å². The summed E-state index contributed by atoms with van der Waals surface area (Å²) in [6, 6.07) is 8.85. The molecule has 0 aliphatic carbocycles. The lowest BCUT2D eigenvalue weighted by molar-refractivity contribution is 0.0979. The highest BCUT2D eigenvalue weighted by Gasteiger charge is 1.99. The average Bonchev–Trinajstić information content (AvgIpc) is 2.07. The predicted octanol–water partition coefficient (Wildman–Crippen LogP) is 1.25. The van der Waals surface area contributed by atoms with Crippen LogP contribution < -0.4 is 5.32 Å². The summed E-state index contributed by atoms with van der Waals surface area (Å²) in [7, 11) is 0. The van der Waals surface area contributed by atoms with Crippen LogP contribution in [-0.4, -0.2) is 11.4 Å². The lowest BCUT2D eigenvalue weighted by atomic mass is 10.2. The quantitative estimate of drug-likeness (QED) is 0.526. The van der Waals surface area contributed by atoms with Gasteiger partial charge in [-0.1, -0.05) is 30.4 Å². The van der Waals surface area contributed by atoms with Gasteiger partial charge in [0.1, 0.15) is 5.49 Å². The Morgan fingerprint density at radius 3 is 2.55 bits per heavy atom. The SMILES string of the molecule is O=C(N[C]=S)c1ccccc1. The maximum atomic E-state index is 11.0. The average molecular weight is 164 g/mol. The van der Waals surface area contributed by atoms with Gasteiger partial charge in [0.15, 0.2) is 0 Å². The summed E-state index contributed by atoms with van der Waals surface area (Å²) in [5, 5.41) is 2.29. The maximum absolute atomic E-state index is 11.0. The number of carbonyl (C=O) groups excluding carboxylic acids is 1. The Hall–Kier alpha value is -1.22. The minimum atomic E-state index is -0.222. The van der Waals surface area contributed by atoms with Crippen molar-refractivity contribution < 1.29 is 4.79 Å². The second kappa shape index (κ2) is 3.83. The van der Waals surface area contributed by atoms with E-state index in [0.717, 1.165) is 0 Å². The standard InChI is InChI=1S/C8H6NOS/c10-8(9-6-11)7-4-2-1-3-5-7/h1-5H,(H,9,10,11). The van der Waals surface area contributed by atoms with Crippen LogP contribution in [0.2, 0.25) is 0 Å². The summed E-state index contributed by atoms with van der Waals surface area (Å²) in [4.78, 5) is 11.0. The van der Waals surface area contributed by atoms with Crippen molar-refractivity contribution in [2.45, 2.75) is 0 Å². The van der Waals surface area contributed by atoms with Gasteiger partial charge in [-0.25, -0.2) is 0 Å². The molecule has 0 spiro atoms. The van der Waals surface area contributed by atoms with E-state index in [2.05, 4.69) is 23.0 Å². The molecule has 0 saturated carbocycles. The first kappa shape index (κ1) is 7.88. The number of hydrogen-bond donors (Lipinski definition) is 1. The van der Waals surface area contributed by atoms with Crippen LogP contribution in [0.1, 0.15) is 10.4 Å². The first-order valence-corrected chi connectivity index (χ1v) is 3.48. The van der Waals surface area contributed by atoms with Gasteiger partial charge in [0.05, 0.1) is 0 Å². The highest BCUT2D eigenvalue weighted by molar-refractivity contribution is 7.78. The molecule has 0 fully saturated rings. The van der Waals surface area contributed by atoms with E-state index in [1.54, 1.807) is 24.3 Å². The van der Waals surface area contributed by atoms with Crippen molar-refractivity contribution in [1.29, 1.82) is 0 Å². The summed E-state index contributed by atoms with van der Waals surface area (Å²) in [5.41, 5.74) is 2.74. The molecule has 1 aromatic rings. The molecular formula is C8H6NOS. The van der Waals surface area contributed by atoms with Gasteiger partial charge in [-0.2, -0.15) is 0 Å². The number of hydrogen-bond acceptors (Lipinski definition) is 2. The monoisotopic (exact) mass is 164 g/mol. The van der Waals surface area contributed by atoms with Crippen molar-refractivity contribution in [3.05, 3.63) is 35.9 Å². The number of rotatable bonds is 2. The summed E-state index contributed by atoms with van der Waals surface area (Å²) in [5.74, 6) is -0.222. The predicted molar refractivity (Wildman–Crippen MR) is 46.5 cm³/mol. The second-order valence-corrected chi connectivity index (χ2v) is 2.13. The molecule has 0 saturated heterocycles. The van der Waals surface area contributed by atoms with Gasteiger partial charge >= 0.3 is 0 Å². The zero-order chi connectivity index (χ0) is 8.10. The van der Waals surface area contributed by atoms with Gasteiger partial charge in [0.2, 0.25) is 0 Å². The normalized spacial score (nSPS) is 8.73. The Labute approximate surface area is 70.2 Å². The van der Waals surface area contributed by atoms with Gasteiger partial charge in [-0.15, -0.1) is 0 Å². The molecule has 1 rings (SSSR count). The number of carbonyl (C=O) groups is 1. The fourth-order valence-corrected chi connectivity index (χ4v) is 0.801. The summed E-state index contributed by atoms with van der Waals surface area (Å²) in [6.45, 7) is 0. The third kappa shape index (κ3) is 2.13. The zero-order valence-electron chi connectivity index (χ0n) is 5.70. The van der Waals surface area contributed by atoms with Crippen molar-refractivity contribution in [2.24, 2.45) is 0 Å². The van der Waals surface area contributed by atoms with E-state index in [-0.39, 0.29) is 5.91 Å². The zero-order valence-corrected chi connectivity index (χ0v) is 6.52. The molecule has 1 aromatic carbocycles. The van der Waals surface area contributed by atoms with Crippen LogP contribution in [0.25, 0.3) is 0 Å². The topological polar surface area (TPSA) is 29.1 Å². The van der Waals surface area contributed by atoms with Crippen LogP contribution in [0.3, 0.4) is 0 Å². The molecule has 0 unspecified atom stereocenters. The summed E-state index contributed by atoms with van der Waals surface area (Å²) in [6.07, 6.45) is 0. The van der Waals surface area contributed by atoms with Crippen LogP contribution in [-0.2, 0) is 0 Å². The molecule has 2 nitrogen and oxygen atoms in total. The van der Waals surface area contributed by atoms with Crippen LogP contribution >= 0.6 is 12.2 Å². The Kier molecular flexibility index (Phi) is 2.74. The van der Waals surface area contributed by atoms with Crippen LogP contribution in [0.15, 0.2) is 30.3 Å². The molecule has 1 N–H and O–H groups in total. The molecule has 1 radical (unpaired) electrons. The summed E-state index contributed by atoms with van der Waals surface area (Å²) < 4.78 is 0. The van der Waals surface area contributed by atoms with Gasteiger partial charge in [0.25, 0.3) is 5.91 Å². The number of benzene rings is 1. The molecule has 0 heterocycles. The number of thiocarbonyl (C=S) groups is 1.